The van der Waals surface area contributed by atoms with Crippen molar-refractivity contribution < 1.29 is 0 Å². The minimum absolute atomic E-state index is 0.564. The molecule has 0 saturated heterocycles. The van der Waals surface area contributed by atoms with E-state index in [0.29, 0.717) is 5.92 Å². The second-order valence-electron chi connectivity index (χ2n) is 3.90. The van der Waals surface area contributed by atoms with Crippen LogP contribution in [-0.4, -0.2) is 13.7 Å². The molecule has 0 radical (unpaired) electrons. The van der Waals surface area contributed by atoms with E-state index in [1.807, 2.05) is 7.05 Å². The maximum Gasteiger partial charge on any atom is 0.0650 e. The molecule has 1 aromatic rings. The molecule has 0 aliphatic carbocycles. The van der Waals surface area contributed by atoms with Crippen LogP contribution in [0.4, 0.5) is 5.69 Å². The van der Waals surface area contributed by atoms with E-state index in [1.165, 1.54) is 16.8 Å². The summed E-state index contributed by atoms with van der Waals surface area (Å²) in [5.41, 5.74) is 3.98. The number of aryl methyl sites for hydroxylation is 1. The lowest BCUT2D eigenvalue weighted by molar-refractivity contribution is 0.842. The van der Waals surface area contributed by atoms with Gasteiger partial charge in [0, 0.05) is 5.69 Å². The fraction of sp³-hybridized carbons (Fsp3) is 0.500. The molecule has 0 unspecified atom stereocenters. The Morgan fingerprint density at radius 3 is 2.57 bits per heavy atom. The SMILES string of the molecule is CNCNc1c(C)cccc1C(C)C. The van der Waals surface area contributed by atoms with Crippen LogP contribution in [0.15, 0.2) is 18.2 Å². The van der Waals surface area contributed by atoms with Gasteiger partial charge in [-0.2, -0.15) is 0 Å². The van der Waals surface area contributed by atoms with Crippen molar-refractivity contribution in [1.29, 1.82) is 0 Å². The molecule has 1 rings (SSSR count). The smallest absolute Gasteiger partial charge is 0.0650 e. The molecular weight excluding hydrogens is 172 g/mol. The Bertz CT molecular complexity index is 292. The van der Waals surface area contributed by atoms with Crippen molar-refractivity contribution in [2.75, 3.05) is 19.0 Å². The molecule has 0 heterocycles. The zero-order chi connectivity index (χ0) is 10.6. The number of hydrogen-bond acceptors (Lipinski definition) is 2. The van der Waals surface area contributed by atoms with Crippen LogP contribution in [0.2, 0.25) is 0 Å². The molecule has 1 aromatic carbocycles. The van der Waals surface area contributed by atoms with Crippen LogP contribution in [0.3, 0.4) is 0 Å². The Kier molecular flexibility index (Phi) is 3.96. The lowest BCUT2D eigenvalue weighted by atomic mass is 9.98. The lowest BCUT2D eigenvalue weighted by Gasteiger charge is -2.16. The molecule has 0 aromatic heterocycles. The summed E-state index contributed by atoms with van der Waals surface area (Å²) in [6.07, 6.45) is 0. The van der Waals surface area contributed by atoms with Crippen LogP contribution < -0.4 is 10.6 Å². The predicted octanol–water partition coefficient (Wildman–Crippen LogP) is 2.71. The van der Waals surface area contributed by atoms with E-state index in [4.69, 9.17) is 0 Å². The highest BCUT2D eigenvalue weighted by molar-refractivity contribution is 5.58. The van der Waals surface area contributed by atoms with Crippen molar-refractivity contribution in [2.45, 2.75) is 26.7 Å². The Hall–Kier alpha value is -1.02. The zero-order valence-electron chi connectivity index (χ0n) is 9.52. The molecule has 0 saturated carbocycles. The highest BCUT2D eigenvalue weighted by Gasteiger charge is 2.07. The van der Waals surface area contributed by atoms with Crippen LogP contribution in [0, 0.1) is 6.92 Å². The summed E-state index contributed by atoms with van der Waals surface area (Å²) in [5, 5.41) is 6.50. The van der Waals surface area contributed by atoms with Crippen molar-refractivity contribution in [2.24, 2.45) is 0 Å². The second kappa shape index (κ2) is 5.01. The van der Waals surface area contributed by atoms with E-state index < -0.39 is 0 Å². The summed E-state index contributed by atoms with van der Waals surface area (Å²) in [5.74, 6) is 0.564. The van der Waals surface area contributed by atoms with Crippen molar-refractivity contribution in [3.63, 3.8) is 0 Å². The van der Waals surface area contributed by atoms with E-state index in [2.05, 4.69) is 49.6 Å². The third-order valence-electron chi connectivity index (χ3n) is 2.37. The van der Waals surface area contributed by atoms with Gasteiger partial charge < -0.3 is 10.6 Å². The van der Waals surface area contributed by atoms with Gasteiger partial charge in [0.2, 0.25) is 0 Å². The molecule has 0 aliphatic heterocycles. The molecule has 2 nitrogen and oxygen atoms in total. The fourth-order valence-corrected chi connectivity index (χ4v) is 1.59. The number of anilines is 1. The summed E-state index contributed by atoms with van der Waals surface area (Å²) in [6, 6.07) is 6.45. The van der Waals surface area contributed by atoms with Gasteiger partial charge >= 0.3 is 0 Å². The second-order valence-corrected chi connectivity index (χ2v) is 3.90. The normalized spacial score (nSPS) is 10.6. The number of para-hydroxylation sites is 1. The average Bonchev–Trinajstić information content (AvgIpc) is 2.15. The van der Waals surface area contributed by atoms with Gasteiger partial charge in [0.05, 0.1) is 6.67 Å². The third-order valence-corrected chi connectivity index (χ3v) is 2.37. The van der Waals surface area contributed by atoms with E-state index in [9.17, 15) is 0 Å². The highest BCUT2D eigenvalue weighted by atomic mass is 15.0. The Morgan fingerprint density at radius 1 is 1.29 bits per heavy atom. The van der Waals surface area contributed by atoms with Crippen molar-refractivity contribution in [3.05, 3.63) is 29.3 Å². The highest BCUT2D eigenvalue weighted by Crippen LogP contribution is 2.26. The van der Waals surface area contributed by atoms with Crippen LogP contribution in [-0.2, 0) is 0 Å². The quantitative estimate of drug-likeness (QED) is 0.717. The first-order chi connectivity index (χ1) is 6.66. The first kappa shape index (κ1) is 11.1. The molecule has 0 bridgehead atoms. The summed E-state index contributed by atoms with van der Waals surface area (Å²) >= 11 is 0. The zero-order valence-corrected chi connectivity index (χ0v) is 9.52. The average molecular weight is 192 g/mol. The molecular formula is C12H20N2. The first-order valence-electron chi connectivity index (χ1n) is 5.14. The number of rotatable bonds is 4. The van der Waals surface area contributed by atoms with Gasteiger partial charge in [0.1, 0.15) is 0 Å². The summed E-state index contributed by atoms with van der Waals surface area (Å²) in [7, 11) is 1.94. The van der Waals surface area contributed by atoms with Gasteiger partial charge in [0.25, 0.3) is 0 Å². The molecule has 2 heteroatoms. The molecule has 0 aliphatic rings. The van der Waals surface area contributed by atoms with Crippen molar-refractivity contribution in [3.8, 4) is 0 Å². The summed E-state index contributed by atoms with van der Waals surface area (Å²) < 4.78 is 0. The van der Waals surface area contributed by atoms with Crippen LogP contribution >= 0.6 is 0 Å². The number of benzene rings is 1. The van der Waals surface area contributed by atoms with Crippen LogP contribution in [0.5, 0.6) is 0 Å². The predicted molar refractivity (Wildman–Crippen MR) is 62.8 cm³/mol. The van der Waals surface area contributed by atoms with E-state index in [-0.39, 0.29) is 0 Å². The molecule has 78 valence electrons. The monoisotopic (exact) mass is 192 g/mol. The van der Waals surface area contributed by atoms with Gasteiger partial charge in [0.15, 0.2) is 0 Å². The summed E-state index contributed by atoms with van der Waals surface area (Å²) in [4.78, 5) is 0. The molecule has 14 heavy (non-hydrogen) atoms. The molecule has 0 fully saturated rings. The fourth-order valence-electron chi connectivity index (χ4n) is 1.59. The molecule has 0 amide bonds. The Morgan fingerprint density at radius 2 is 2.00 bits per heavy atom. The van der Waals surface area contributed by atoms with Gasteiger partial charge in [-0.25, -0.2) is 0 Å². The van der Waals surface area contributed by atoms with Crippen molar-refractivity contribution >= 4 is 5.69 Å². The van der Waals surface area contributed by atoms with Crippen LogP contribution in [0.1, 0.15) is 30.9 Å². The minimum Gasteiger partial charge on any atom is -0.372 e. The standard InChI is InChI=1S/C12H20N2/c1-9(2)11-7-5-6-10(3)12(11)14-8-13-4/h5-7,9,13-14H,8H2,1-4H3. The Labute approximate surface area is 86.7 Å². The van der Waals surface area contributed by atoms with Gasteiger partial charge in [-0.05, 0) is 31.0 Å². The maximum atomic E-state index is 3.40. The Balaban J connectivity index is 2.96. The molecule has 0 spiro atoms. The van der Waals surface area contributed by atoms with E-state index in [0.717, 1.165) is 6.67 Å². The first-order valence-corrected chi connectivity index (χ1v) is 5.14. The molecule has 0 atom stereocenters. The largest absolute Gasteiger partial charge is 0.372 e. The molecule has 2 N–H and O–H groups in total. The van der Waals surface area contributed by atoms with Gasteiger partial charge in [-0.3, -0.25) is 0 Å². The minimum atomic E-state index is 0.564. The van der Waals surface area contributed by atoms with E-state index in [1.54, 1.807) is 0 Å². The van der Waals surface area contributed by atoms with Gasteiger partial charge in [-0.1, -0.05) is 32.0 Å². The van der Waals surface area contributed by atoms with E-state index >= 15 is 0 Å². The topological polar surface area (TPSA) is 24.1 Å². The van der Waals surface area contributed by atoms with Gasteiger partial charge in [-0.15, -0.1) is 0 Å². The number of hydrogen-bond donors (Lipinski definition) is 2. The summed E-state index contributed by atoms with van der Waals surface area (Å²) in [6.45, 7) is 7.40. The van der Waals surface area contributed by atoms with Crippen LogP contribution in [0.25, 0.3) is 0 Å². The lowest BCUT2D eigenvalue weighted by Crippen LogP contribution is -2.18. The maximum absolute atomic E-state index is 3.40. The third kappa shape index (κ3) is 2.48. The van der Waals surface area contributed by atoms with Crippen molar-refractivity contribution in [1.82, 2.24) is 5.32 Å². The number of nitrogens with one attached hydrogen (secondary N) is 2.